The summed E-state index contributed by atoms with van der Waals surface area (Å²) in [4.78, 5) is 8.79. The van der Waals surface area contributed by atoms with Crippen LogP contribution >= 0.6 is 0 Å². The molecule has 8 heteroatoms. The van der Waals surface area contributed by atoms with Crippen molar-refractivity contribution in [3.05, 3.63) is 18.2 Å². The average Bonchev–Trinajstić information content (AvgIpc) is 3.09. The highest BCUT2D eigenvalue weighted by molar-refractivity contribution is 4.95. The number of hydrogen-bond acceptors (Lipinski definition) is 4. The molecule has 0 bridgehead atoms. The lowest BCUT2D eigenvalue weighted by Gasteiger charge is -2.32. The molecule has 1 atom stereocenters. The van der Waals surface area contributed by atoms with Crippen molar-refractivity contribution in [3.63, 3.8) is 0 Å². The number of alkyl halides is 3. The minimum atomic E-state index is -4.20. The van der Waals surface area contributed by atoms with E-state index in [1.165, 1.54) is 17.0 Å². The van der Waals surface area contributed by atoms with Crippen LogP contribution in [0.25, 0.3) is 0 Å². The second kappa shape index (κ2) is 6.55. The Morgan fingerprint density at radius 1 is 1.23 bits per heavy atom. The molecule has 1 N–H and O–H groups in total. The number of rotatable bonds is 4. The van der Waals surface area contributed by atoms with Gasteiger partial charge < -0.3 is 9.88 Å². The number of nitrogens with one attached hydrogen (secondary N) is 1. The highest BCUT2D eigenvalue weighted by Crippen LogP contribution is 2.21. The number of imidazole rings is 1. The van der Waals surface area contributed by atoms with E-state index in [0.717, 1.165) is 45.7 Å². The lowest BCUT2D eigenvalue weighted by molar-refractivity contribution is -0.141. The quantitative estimate of drug-likeness (QED) is 0.896. The van der Waals surface area contributed by atoms with Crippen LogP contribution in [0.5, 0.6) is 0 Å². The zero-order valence-corrected chi connectivity index (χ0v) is 12.5. The number of hydrogen-bond donors (Lipinski definition) is 1. The smallest absolute Gasteiger partial charge is 0.325 e. The molecule has 22 heavy (non-hydrogen) atoms. The first-order chi connectivity index (χ1) is 10.5. The average molecular weight is 317 g/mol. The zero-order valence-electron chi connectivity index (χ0n) is 12.5. The van der Waals surface area contributed by atoms with Crippen LogP contribution in [0, 0.1) is 0 Å². The second-order valence-corrected chi connectivity index (χ2v) is 6.05. The maximum Gasteiger partial charge on any atom is 0.406 e. The first-order valence-electron chi connectivity index (χ1n) is 7.75. The second-order valence-electron chi connectivity index (χ2n) is 6.05. The van der Waals surface area contributed by atoms with Gasteiger partial charge in [0.2, 0.25) is 0 Å². The molecular formula is C14H22F3N5. The van der Waals surface area contributed by atoms with Crippen LogP contribution in [-0.4, -0.2) is 70.8 Å². The number of aromatic nitrogens is 2. The zero-order chi connectivity index (χ0) is 15.6. The summed E-state index contributed by atoms with van der Waals surface area (Å²) in [5, 5.41) is 3.34. The topological polar surface area (TPSA) is 36.3 Å². The molecule has 0 aliphatic carbocycles. The van der Waals surface area contributed by atoms with E-state index in [1.54, 1.807) is 0 Å². The standard InChI is InChI=1S/C14H22F3N5/c15-14(16,17)11-22-8-4-19-13(22)10-20-5-1-12(9-20)21-6-2-18-3-7-21/h4,8,12,18H,1-3,5-7,9-11H2. The summed E-state index contributed by atoms with van der Waals surface area (Å²) in [5.74, 6) is 0.498. The van der Waals surface area contributed by atoms with Crippen molar-refractivity contribution >= 4 is 0 Å². The molecule has 5 nitrogen and oxygen atoms in total. The van der Waals surface area contributed by atoms with E-state index in [4.69, 9.17) is 0 Å². The van der Waals surface area contributed by atoms with Crippen LogP contribution in [0.4, 0.5) is 13.2 Å². The van der Waals surface area contributed by atoms with Crippen molar-refractivity contribution in [2.24, 2.45) is 0 Å². The fraction of sp³-hybridized carbons (Fsp3) is 0.786. The van der Waals surface area contributed by atoms with E-state index in [1.807, 2.05) is 0 Å². The van der Waals surface area contributed by atoms with Gasteiger partial charge in [-0.3, -0.25) is 9.80 Å². The van der Waals surface area contributed by atoms with Crippen molar-refractivity contribution in [3.8, 4) is 0 Å². The molecule has 2 fully saturated rings. The Hall–Kier alpha value is -1.12. The number of piperazine rings is 1. The van der Waals surface area contributed by atoms with Crippen LogP contribution in [0.1, 0.15) is 12.2 Å². The van der Waals surface area contributed by atoms with E-state index in [-0.39, 0.29) is 0 Å². The summed E-state index contributed by atoms with van der Waals surface area (Å²) >= 11 is 0. The molecule has 3 heterocycles. The molecule has 0 amide bonds. The van der Waals surface area contributed by atoms with E-state index in [0.29, 0.717) is 18.4 Å². The highest BCUT2D eigenvalue weighted by atomic mass is 19.4. The Balaban J connectivity index is 1.55. The fourth-order valence-corrected chi connectivity index (χ4v) is 3.33. The fourth-order valence-electron chi connectivity index (χ4n) is 3.33. The Kier molecular flexibility index (Phi) is 4.70. The van der Waals surface area contributed by atoms with Crippen LogP contribution in [0.15, 0.2) is 12.4 Å². The van der Waals surface area contributed by atoms with Gasteiger partial charge >= 0.3 is 6.18 Å². The van der Waals surface area contributed by atoms with Crippen LogP contribution in [0.3, 0.4) is 0 Å². The Labute approximate surface area is 128 Å². The third kappa shape index (κ3) is 3.99. The molecule has 124 valence electrons. The molecule has 2 saturated heterocycles. The molecule has 1 aromatic heterocycles. The van der Waals surface area contributed by atoms with Gasteiger partial charge in [0.1, 0.15) is 12.4 Å². The SMILES string of the molecule is FC(F)(F)Cn1ccnc1CN1CCC(N2CCNCC2)C1. The summed E-state index contributed by atoms with van der Waals surface area (Å²) in [5.41, 5.74) is 0. The lowest BCUT2D eigenvalue weighted by atomic mass is 10.2. The van der Waals surface area contributed by atoms with E-state index in [2.05, 4.69) is 20.1 Å². The Bertz CT molecular complexity index is 481. The van der Waals surface area contributed by atoms with E-state index < -0.39 is 12.7 Å². The first kappa shape index (κ1) is 15.8. The minimum Gasteiger partial charge on any atom is -0.325 e. The molecule has 1 aromatic rings. The van der Waals surface area contributed by atoms with Crippen LogP contribution in [-0.2, 0) is 13.1 Å². The van der Waals surface area contributed by atoms with Crippen LogP contribution in [0.2, 0.25) is 0 Å². The normalized spacial score (nSPS) is 25.0. The summed E-state index contributed by atoms with van der Waals surface area (Å²) in [6.45, 7) is 5.52. The van der Waals surface area contributed by atoms with Crippen LogP contribution < -0.4 is 5.32 Å². The van der Waals surface area contributed by atoms with Gasteiger partial charge in [-0.05, 0) is 6.42 Å². The van der Waals surface area contributed by atoms with Gasteiger partial charge in [-0.15, -0.1) is 0 Å². The third-order valence-electron chi connectivity index (χ3n) is 4.43. The summed E-state index contributed by atoms with van der Waals surface area (Å²) < 4.78 is 38.8. The summed E-state index contributed by atoms with van der Waals surface area (Å²) in [6.07, 6.45) is -0.263. The predicted octanol–water partition coefficient (Wildman–Crippen LogP) is 0.925. The van der Waals surface area contributed by atoms with Gasteiger partial charge in [-0.25, -0.2) is 4.98 Å². The number of likely N-dealkylation sites (tertiary alicyclic amines) is 1. The van der Waals surface area contributed by atoms with Crippen molar-refractivity contribution in [2.75, 3.05) is 39.3 Å². The molecule has 1 unspecified atom stereocenters. The van der Waals surface area contributed by atoms with Crippen molar-refractivity contribution < 1.29 is 13.2 Å². The molecular weight excluding hydrogens is 295 g/mol. The molecule has 3 rings (SSSR count). The largest absolute Gasteiger partial charge is 0.406 e. The molecule has 2 aliphatic heterocycles. The van der Waals surface area contributed by atoms with E-state index in [9.17, 15) is 13.2 Å². The maximum atomic E-state index is 12.5. The van der Waals surface area contributed by atoms with Crippen molar-refractivity contribution in [2.45, 2.75) is 31.7 Å². The molecule has 0 spiro atoms. The minimum absolute atomic E-state index is 0.492. The molecule has 0 aromatic carbocycles. The van der Waals surface area contributed by atoms with Gasteiger partial charge in [0, 0.05) is 57.7 Å². The van der Waals surface area contributed by atoms with E-state index >= 15 is 0 Å². The van der Waals surface area contributed by atoms with Crippen molar-refractivity contribution in [1.29, 1.82) is 0 Å². The molecule has 0 saturated carbocycles. The Morgan fingerprint density at radius 2 is 2.00 bits per heavy atom. The highest BCUT2D eigenvalue weighted by Gasteiger charge is 2.31. The predicted molar refractivity (Wildman–Crippen MR) is 76.4 cm³/mol. The first-order valence-corrected chi connectivity index (χ1v) is 7.75. The molecule has 0 radical (unpaired) electrons. The summed E-state index contributed by atoms with van der Waals surface area (Å²) in [7, 11) is 0. The lowest BCUT2D eigenvalue weighted by Crippen LogP contribution is -2.49. The van der Waals surface area contributed by atoms with Gasteiger partial charge in [-0.2, -0.15) is 13.2 Å². The van der Waals surface area contributed by atoms with Gasteiger partial charge in [0.15, 0.2) is 0 Å². The monoisotopic (exact) mass is 317 g/mol. The molecule has 2 aliphatic rings. The third-order valence-corrected chi connectivity index (χ3v) is 4.43. The van der Waals surface area contributed by atoms with Gasteiger partial charge in [0.25, 0.3) is 0 Å². The van der Waals surface area contributed by atoms with Gasteiger partial charge in [-0.1, -0.05) is 0 Å². The number of halogens is 3. The van der Waals surface area contributed by atoms with Gasteiger partial charge in [0.05, 0.1) is 6.54 Å². The number of nitrogens with zero attached hydrogens (tertiary/aromatic N) is 4. The maximum absolute atomic E-state index is 12.5. The Morgan fingerprint density at radius 3 is 2.73 bits per heavy atom. The van der Waals surface area contributed by atoms with Crippen molar-refractivity contribution in [1.82, 2.24) is 24.7 Å². The summed E-state index contributed by atoms with van der Waals surface area (Å²) in [6, 6.07) is 0.521.